The second-order valence-electron chi connectivity index (χ2n) is 9.10. The number of phenols is 1. The van der Waals surface area contributed by atoms with E-state index < -0.39 is 45.8 Å². The molecule has 1 aromatic carbocycles. The van der Waals surface area contributed by atoms with Gasteiger partial charge in [0.05, 0.1) is 17.3 Å². The van der Waals surface area contributed by atoms with Crippen LogP contribution in [0.5, 0.6) is 5.75 Å². The molecule has 0 saturated carbocycles. The molecule has 0 bridgehead atoms. The number of carbonyl (C=O) groups is 2. The first-order valence-electron chi connectivity index (χ1n) is 10.5. The third-order valence-corrected chi connectivity index (χ3v) is 5.90. The molecule has 1 aliphatic heterocycles. The van der Waals surface area contributed by atoms with Gasteiger partial charge in [-0.15, -0.1) is 8.80 Å². The SMILES string of the molecule is Cc1ccc(C(NC2=NS(=O)(=O)N=C2Nc2cccc(C(=O)N(C)CC(=O)O)c2O)C(C)(C)C)o1. The highest BCUT2D eigenvalue weighted by Crippen LogP contribution is 2.34. The molecule has 0 saturated heterocycles. The molecular weight excluding hydrogens is 478 g/mol. The molecule has 0 spiro atoms. The zero-order valence-corrected chi connectivity index (χ0v) is 20.7. The Labute approximate surface area is 202 Å². The van der Waals surface area contributed by atoms with Gasteiger partial charge in [0, 0.05) is 7.05 Å². The molecule has 1 amide bonds. The van der Waals surface area contributed by atoms with Gasteiger partial charge in [0.1, 0.15) is 18.1 Å². The Hall–Kier alpha value is -3.87. The largest absolute Gasteiger partial charge is 0.505 e. The van der Waals surface area contributed by atoms with Crippen LogP contribution in [0.3, 0.4) is 0 Å². The summed E-state index contributed by atoms with van der Waals surface area (Å²) in [6.07, 6.45) is 0. The number of hydrogen-bond acceptors (Lipinski definition) is 8. The Bertz CT molecular complexity index is 1320. The summed E-state index contributed by atoms with van der Waals surface area (Å²) in [7, 11) is -2.92. The van der Waals surface area contributed by atoms with E-state index in [9.17, 15) is 23.1 Å². The predicted octanol–water partition coefficient (Wildman–Crippen LogP) is 2.29. The zero-order chi connectivity index (χ0) is 26.1. The molecular formula is C22H27N5O7S. The minimum Gasteiger partial charge on any atom is -0.505 e. The first-order chi connectivity index (χ1) is 16.2. The lowest BCUT2D eigenvalue weighted by atomic mass is 9.85. The number of anilines is 1. The van der Waals surface area contributed by atoms with Gasteiger partial charge in [-0.25, -0.2) is 0 Å². The molecule has 1 aromatic heterocycles. The highest BCUT2D eigenvalue weighted by Gasteiger charge is 2.34. The predicted molar refractivity (Wildman–Crippen MR) is 129 cm³/mol. The smallest absolute Gasteiger partial charge is 0.367 e. The van der Waals surface area contributed by atoms with Crippen molar-refractivity contribution in [2.45, 2.75) is 33.7 Å². The molecule has 4 N–H and O–H groups in total. The number of hydrogen-bond donors (Lipinski definition) is 4. The highest BCUT2D eigenvalue weighted by molar-refractivity contribution is 7.89. The van der Waals surface area contributed by atoms with E-state index in [0.717, 1.165) is 4.90 Å². The van der Waals surface area contributed by atoms with Crippen molar-refractivity contribution in [1.82, 2.24) is 10.2 Å². The number of carbonyl (C=O) groups excluding carboxylic acids is 1. The van der Waals surface area contributed by atoms with Gasteiger partial charge in [0.2, 0.25) is 0 Å². The molecule has 0 aliphatic carbocycles. The van der Waals surface area contributed by atoms with E-state index in [2.05, 4.69) is 19.4 Å². The molecule has 35 heavy (non-hydrogen) atoms. The number of nitrogens with zero attached hydrogens (tertiary/aromatic N) is 3. The Morgan fingerprint density at radius 1 is 1.14 bits per heavy atom. The average molecular weight is 506 g/mol. The molecule has 1 atom stereocenters. The van der Waals surface area contributed by atoms with E-state index in [1.807, 2.05) is 20.8 Å². The van der Waals surface area contributed by atoms with Crippen LogP contribution in [0.1, 0.15) is 48.7 Å². The van der Waals surface area contributed by atoms with Crippen molar-refractivity contribution in [3.8, 4) is 5.75 Å². The van der Waals surface area contributed by atoms with Crippen LogP contribution in [0.25, 0.3) is 0 Å². The number of benzene rings is 1. The minimum atomic E-state index is -4.20. The number of likely N-dealkylation sites (N-methyl/N-ethyl adjacent to an activating group) is 1. The Balaban J connectivity index is 1.92. The zero-order valence-electron chi connectivity index (χ0n) is 19.9. The summed E-state index contributed by atoms with van der Waals surface area (Å²) in [5.41, 5.74) is -0.621. The summed E-state index contributed by atoms with van der Waals surface area (Å²) in [5, 5.41) is 25.4. The van der Waals surface area contributed by atoms with E-state index in [-0.39, 0.29) is 22.9 Å². The molecule has 3 rings (SSSR count). The molecule has 1 unspecified atom stereocenters. The van der Waals surface area contributed by atoms with E-state index in [1.54, 1.807) is 19.1 Å². The number of aryl methyl sites for hydroxylation is 1. The normalized spacial score (nSPS) is 15.7. The molecule has 2 heterocycles. The number of nitrogens with one attached hydrogen (secondary N) is 2. The number of phenolic OH excluding ortho intramolecular Hbond substituents is 1. The van der Waals surface area contributed by atoms with Crippen LogP contribution >= 0.6 is 0 Å². The van der Waals surface area contributed by atoms with Gasteiger partial charge in [-0.05, 0) is 36.6 Å². The average Bonchev–Trinajstić information content (AvgIpc) is 3.27. The number of amidine groups is 2. The lowest BCUT2D eigenvalue weighted by Crippen LogP contribution is -2.41. The number of aliphatic carboxylic acids is 1. The fraction of sp³-hybridized carbons (Fsp3) is 0.364. The summed E-state index contributed by atoms with van der Waals surface area (Å²) >= 11 is 0. The Morgan fingerprint density at radius 3 is 2.37 bits per heavy atom. The first-order valence-corrected chi connectivity index (χ1v) is 11.9. The van der Waals surface area contributed by atoms with Crippen LogP contribution in [0.2, 0.25) is 0 Å². The standard InChI is InChI=1S/C22H27N5O7S/c1-12-9-10-15(34-12)18(22(2,3)4)24-20-19(25-35(32,33)26-20)23-14-8-6-7-13(17(14)30)21(31)27(5)11-16(28)29/h6-10,18,30H,11H2,1-5H3,(H,23,25)(H,24,26)(H,28,29). The fourth-order valence-corrected chi connectivity index (χ4v) is 4.17. The maximum Gasteiger partial charge on any atom is 0.367 e. The van der Waals surface area contributed by atoms with Gasteiger partial charge in [-0.3, -0.25) is 9.59 Å². The van der Waals surface area contributed by atoms with Crippen LogP contribution in [-0.4, -0.2) is 60.7 Å². The number of carboxylic acids is 1. The maximum absolute atomic E-state index is 12.6. The number of furan rings is 1. The Morgan fingerprint density at radius 2 is 1.80 bits per heavy atom. The molecule has 0 fully saturated rings. The second-order valence-corrected chi connectivity index (χ2v) is 10.4. The van der Waals surface area contributed by atoms with Crippen molar-refractivity contribution in [1.29, 1.82) is 0 Å². The van der Waals surface area contributed by atoms with Crippen LogP contribution in [0, 0.1) is 12.3 Å². The van der Waals surface area contributed by atoms with Gasteiger partial charge in [0.15, 0.2) is 17.4 Å². The summed E-state index contributed by atoms with van der Waals surface area (Å²) < 4.78 is 37.5. The summed E-state index contributed by atoms with van der Waals surface area (Å²) in [6, 6.07) is 7.25. The number of para-hydroxylation sites is 1. The summed E-state index contributed by atoms with van der Waals surface area (Å²) in [4.78, 5) is 24.4. The van der Waals surface area contributed by atoms with Gasteiger partial charge >= 0.3 is 16.2 Å². The topological polar surface area (TPSA) is 174 Å². The third kappa shape index (κ3) is 5.98. The summed E-state index contributed by atoms with van der Waals surface area (Å²) in [6.45, 7) is 7.03. The van der Waals surface area contributed by atoms with Gasteiger partial charge in [-0.1, -0.05) is 26.8 Å². The number of rotatable bonds is 6. The van der Waals surface area contributed by atoms with Crippen LogP contribution < -0.4 is 10.6 Å². The number of amides is 1. The number of carboxylic acid groups (broad SMARTS) is 1. The quantitative estimate of drug-likeness (QED) is 0.429. The molecule has 188 valence electrons. The van der Waals surface area contributed by atoms with Crippen LogP contribution in [0.15, 0.2) is 43.5 Å². The van der Waals surface area contributed by atoms with Crippen molar-refractivity contribution in [2.24, 2.45) is 14.2 Å². The second kappa shape index (κ2) is 9.41. The molecule has 2 aromatic rings. The van der Waals surface area contributed by atoms with Crippen molar-refractivity contribution < 1.29 is 32.6 Å². The van der Waals surface area contributed by atoms with E-state index in [0.29, 0.717) is 11.5 Å². The van der Waals surface area contributed by atoms with Crippen molar-refractivity contribution in [3.63, 3.8) is 0 Å². The van der Waals surface area contributed by atoms with E-state index in [1.165, 1.54) is 25.2 Å². The van der Waals surface area contributed by atoms with Gasteiger partial charge in [0.25, 0.3) is 5.91 Å². The Kier molecular flexibility index (Phi) is 6.92. The molecule has 0 radical (unpaired) electrons. The van der Waals surface area contributed by atoms with Crippen LogP contribution in [-0.2, 0) is 15.0 Å². The van der Waals surface area contributed by atoms with Crippen molar-refractivity contribution in [2.75, 3.05) is 18.9 Å². The van der Waals surface area contributed by atoms with Gasteiger partial charge in [-0.2, -0.15) is 8.42 Å². The van der Waals surface area contributed by atoms with Crippen molar-refractivity contribution >= 4 is 39.4 Å². The van der Waals surface area contributed by atoms with E-state index in [4.69, 9.17) is 9.52 Å². The molecule has 13 heteroatoms. The molecule has 12 nitrogen and oxygen atoms in total. The van der Waals surface area contributed by atoms with Crippen LogP contribution in [0.4, 0.5) is 5.69 Å². The maximum atomic E-state index is 12.6. The lowest BCUT2D eigenvalue weighted by Gasteiger charge is -2.30. The first kappa shape index (κ1) is 25.7. The lowest BCUT2D eigenvalue weighted by molar-refractivity contribution is -0.137. The molecule has 1 aliphatic rings. The van der Waals surface area contributed by atoms with E-state index >= 15 is 0 Å². The highest BCUT2D eigenvalue weighted by atomic mass is 32.2. The minimum absolute atomic E-state index is 0.0222. The third-order valence-electron chi connectivity index (χ3n) is 5.07. The monoisotopic (exact) mass is 505 g/mol. The summed E-state index contributed by atoms with van der Waals surface area (Å²) in [5.74, 6) is -1.49. The number of aromatic hydroxyl groups is 1. The van der Waals surface area contributed by atoms with Gasteiger partial charge < -0.3 is 30.2 Å². The fourth-order valence-electron chi connectivity index (χ4n) is 3.40. The van der Waals surface area contributed by atoms with Crippen molar-refractivity contribution in [3.05, 3.63) is 47.4 Å².